The van der Waals surface area contributed by atoms with Crippen LogP contribution in [0.3, 0.4) is 0 Å². The van der Waals surface area contributed by atoms with Crippen molar-refractivity contribution in [1.82, 2.24) is 0 Å². The van der Waals surface area contributed by atoms with Crippen molar-refractivity contribution in [2.45, 2.75) is 25.6 Å². The molecule has 0 heterocycles. The molecule has 0 aliphatic rings. The number of aliphatic hydroxyl groups is 2. The highest BCUT2D eigenvalue weighted by atomic mass is 19.1. The minimum absolute atomic E-state index is 0.162. The quantitative estimate of drug-likeness (QED) is 0.778. The molecule has 0 amide bonds. The Labute approximate surface area is 109 Å². The highest BCUT2D eigenvalue weighted by Crippen LogP contribution is 2.21. The lowest BCUT2D eigenvalue weighted by Crippen LogP contribution is -2.23. The van der Waals surface area contributed by atoms with E-state index in [1.807, 2.05) is 0 Å². The number of hydrogen-bond donors (Lipinski definition) is 2. The maximum Gasteiger partial charge on any atom is 0.308 e. The van der Waals surface area contributed by atoms with Crippen LogP contribution in [0.25, 0.3) is 0 Å². The maximum absolute atomic E-state index is 13.1. The molecule has 2 unspecified atom stereocenters. The van der Waals surface area contributed by atoms with Crippen LogP contribution in [-0.4, -0.2) is 28.9 Å². The normalized spacial score (nSPS) is 13.4. The van der Waals surface area contributed by atoms with Crippen molar-refractivity contribution in [2.75, 3.05) is 6.61 Å². The molecule has 102 valence electrons. The third-order valence-corrected chi connectivity index (χ3v) is 2.50. The lowest BCUT2D eigenvalue weighted by molar-refractivity contribution is -0.147. The predicted molar refractivity (Wildman–Crippen MR) is 63.3 cm³/mol. The SMILES string of the molecule is CCOC(=O)CC(O)C(O)c1ccc(F)c(C#N)c1. The summed E-state index contributed by atoms with van der Waals surface area (Å²) in [7, 11) is 0. The second kappa shape index (κ2) is 6.83. The van der Waals surface area contributed by atoms with Gasteiger partial charge in [-0.1, -0.05) is 6.07 Å². The predicted octanol–water partition coefficient (Wildman–Crippen LogP) is 1.04. The smallest absolute Gasteiger partial charge is 0.308 e. The summed E-state index contributed by atoms with van der Waals surface area (Å²) in [5.74, 6) is -1.35. The molecule has 0 aromatic heterocycles. The Balaban J connectivity index is 2.79. The van der Waals surface area contributed by atoms with Gasteiger partial charge in [0.2, 0.25) is 0 Å². The molecule has 1 rings (SSSR count). The Morgan fingerprint density at radius 3 is 2.79 bits per heavy atom. The van der Waals surface area contributed by atoms with Crippen LogP contribution in [0.2, 0.25) is 0 Å². The fourth-order valence-corrected chi connectivity index (χ4v) is 1.54. The van der Waals surface area contributed by atoms with E-state index in [9.17, 15) is 19.4 Å². The molecule has 1 aromatic carbocycles. The Bertz CT molecular complexity index is 498. The van der Waals surface area contributed by atoms with Gasteiger partial charge in [0, 0.05) is 0 Å². The zero-order chi connectivity index (χ0) is 14.4. The van der Waals surface area contributed by atoms with Gasteiger partial charge in [-0.2, -0.15) is 5.26 Å². The number of aliphatic hydroxyl groups excluding tert-OH is 2. The molecule has 1 aromatic rings. The first-order chi connectivity index (χ1) is 8.99. The number of rotatable bonds is 5. The Kier molecular flexibility index (Phi) is 5.42. The highest BCUT2D eigenvalue weighted by Gasteiger charge is 2.22. The first kappa shape index (κ1) is 15.1. The van der Waals surface area contributed by atoms with Crippen LogP contribution < -0.4 is 0 Å². The first-order valence-corrected chi connectivity index (χ1v) is 5.70. The number of ether oxygens (including phenoxy) is 1. The van der Waals surface area contributed by atoms with Gasteiger partial charge in [0.05, 0.1) is 24.7 Å². The van der Waals surface area contributed by atoms with E-state index in [0.29, 0.717) is 0 Å². The van der Waals surface area contributed by atoms with Crippen molar-refractivity contribution in [3.05, 3.63) is 35.1 Å². The number of nitriles is 1. The summed E-state index contributed by atoms with van der Waals surface area (Å²) in [6, 6.07) is 5.03. The molecule has 6 heteroatoms. The fraction of sp³-hybridized carbons (Fsp3) is 0.385. The van der Waals surface area contributed by atoms with Crippen LogP contribution in [0, 0.1) is 17.1 Å². The number of esters is 1. The molecule has 19 heavy (non-hydrogen) atoms. The minimum Gasteiger partial charge on any atom is -0.466 e. The van der Waals surface area contributed by atoms with Crippen LogP contribution in [0.1, 0.15) is 30.6 Å². The monoisotopic (exact) mass is 267 g/mol. The zero-order valence-electron chi connectivity index (χ0n) is 10.3. The van der Waals surface area contributed by atoms with E-state index in [-0.39, 0.29) is 24.2 Å². The second-order valence-corrected chi connectivity index (χ2v) is 3.87. The molecule has 5 nitrogen and oxygen atoms in total. The summed E-state index contributed by atoms with van der Waals surface area (Å²) in [4.78, 5) is 11.2. The largest absolute Gasteiger partial charge is 0.466 e. The van der Waals surface area contributed by atoms with Gasteiger partial charge in [-0.15, -0.1) is 0 Å². The summed E-state index contributed by atoms with van der Waals surface area (Å²) >= 11 is 0. The van der Waals surface area contributed by atoms with Gasteiger partial charge >= 0.3 is 5.97 Å². The molecule has 0 aliphatic heterocycles. The van der Waals surface area contributed by atoms with E-state index in [1.54, 1.807) is 13.0 Å². The van der Waals surface area contributed by atoms with Gasteiger partial charge in [-0.25, -0.2) is 4.39 Å². The average molecular weight is 267 g/mol. The number of benzene rings is 1. The molecule has 0 saturated carbocycles. The third kappa shape index (κ3) is 4.02. The lowest BCUT2D eigenvalue weighted by atomic mass is 10.00. The molecular weight excluding hydrogens is 253 g/mol. The van der Waals surface area contributed by atoms with E-state index in [0.717, 1.165) is 12.1 Å². The van der Waals surface area contributed by atoms with Crippen molar-refractivity contribution < 1.29 is 24.1 Å². The zero-order valence-corrected chi connectivity index (χ0v) is 10.3. The van der Waals surface area contributed by atoms with Crippen molar-refractivity contribution in [3.8, 4) is 6.07 Å². The molecular formula is C13H14FNO4. The molecule has 2 N–H and O–H groups in total. The van der Waals surface area contributed by atoms with Gasteiger partial charge in [0.1, 0.15) is 18.0 Å². The summed E-state index contributed by atoms with van der Waals surface area (Å²) in [6.45, 7) is 1.80. The van der Waals surface area contributed by atoms with Crippen LogP contribution in [-0.2, 0) is 9.53 Å². The van der Waals surface area contributed by atoms with Crippen LogP contribution in [0.15, 0.2) is 18.2 Å². The maximum atomic E-state index is 13.1. The van der Waals surface area contributed by atoms with E-state index in [1.165, 1.54) is 6.07 Å². The van der Waals surface area contributed by atoms with Gasteiger partial charge in [-0.3, -0.25) is 4.79 Å². The van der Waals surface area contributed by atoms with Crippen molar-refractivity contribution in [1.29, 1.82) is 5.26 Å². The minimum atomic E-state index is -1.39. The number of carbonyl (C=O) groups is 1. The molecule has 2 atom stereocenters. The third-order valence-electron chi connectivity index (χ3n) is 2.50. The summed E-state index contributed by atoms with van der Waals surface area (Å²) in [5.41, 5.74) is -0.0744. The number of carbonyl (C=O) groups excluding carboxylic acids is 1. The lowest BCUT2D eigenvalue weighted by Gasteiger charge is -2.17. The molecule has 0 bridgehead atoms. The van der Waals surface area contributed by atoms with Crippen molar-refractivity contribution >= 4 is 5.97 Å². The van der Waals surface area contributed by atoms with Crippen molar-refractivity contribution in [3.63, 3.8) is 0 Å². The van der Waals surface area contributed by atoms with Crippen LogP contribution in [0.4, 0.5) is 4.39 Å². The molecule has 0 aliphatic carbocycles. The van der Waals surface area contributed by atoms with E-state index in [4.69, 9.17) is 5.26 Å². The van der Waals surface area contributed by atoms with E-state index >= 15 is 0 Å². The summed E-state index contributed by atoms with van der Waals surface area (Å²) in [6.07, 6.45) is -3.15. The summed E-state index contributed by atoms with van der Waals surface area (Å²) in [5, 5.41) is 28.2. The van der Waals surface area contributed by atoms with E-state index < -0.39 is 24.0 Å². The second-order valence-electron chi connectivity index (χ2n) is 3.87. The molecule has 0 saturated heterocycles. The first-order valence-electron chi connectivity index (χ1n) is 5.70. The van der Waals surface area contributed by atoms with Crippen LogP contribution in [0.5, 0.6) is 0 Å². The van der Waals surface area contributed by atoms with E-state index in [2.05, 4.69) is 4.74 Å². The van der Waals surface area contributed by atoms with Gasteiger partial charge in [-0.05, 0) is 24.6 Å². The Hall–Kier alpha value is -1.97. The average Bonchev–Trinajstić information content (AvgIpc) is 2.38. The van der Waals surface area contributed by atoms with Crippen molar-refractivity contribution in [2.24, 2.45) is 0 Å². The van der Waals surface area contributed by atoms with Crippen LogP contribution >= 0.6 is 0 Å². The van der Waals surface area contributed by atoms with Gasteiger partial charge in [0.25, 0.3) is 0 Å². The highest BCUT2D eigenvalue weighted by molar-refractivity contribution is 5.70. The number of hydrogen-bond acceptors (Lipinski definition) is 5. The Morgan fingerprint density at radius 1 is 1.53 bits per heavy atom. The standard InChI is InChI=1S/C13H14FNO4/c1-2-19-12(17)6-11(16)13(18)8-3-4-10(14)9(5-8)7-15/h3-5,11,13,16,18H,2,6H2,1H3. The fourth-order valence-electron chi connectivity index (χ4n) is 1.54. The molecule has 0 fully saturated rings. The number of halogens is 1. The van der Waals surface area contributed by atoms with Gasteiger partial charge < -0.3 is 14.9 Å². The topological polar surface area (TPSA) is 90.6 Å². The summed E-state index contributed by atoms with van der Waals surface area (Å²) < 4.78 is 17.7. The molecule has 0 radical (unpaired) electrons. The Morgan fingerprint density at radius 2 is 2.21 bits per heavy atom. The van der Waals surface area contributed by atoms with Gasteiger partial charge in [0.15, 0.2) is 0 Å². The molecule has 0 spiro atoms. The number of nitrogens with zero attached hydrogens (tertiary/aromatic N) is 1.